The Kier molecular flexibility index (Phi) is 9.70. The summed E-state index contributed by atoms with van der Waals surface area (Å²) in [4.78, 5) is 5.11. The maximum Gasteiger partial charge on any atom is 0.252 e. The lowest BCUT2D eigenvalue weighted by molar-refractivity contribution is 1.17. The SMILES string of the molecule is c1ccc(-c2ccc(N3c4cc(-n5c6ccccc6c6ccccc65)ccc4B4c5ccc6c(c5N(c5ccc(-c7ccccc7)cc5)c5cccc3c54)c3ccccc3n6-c3cccc(-c4ccccc4)c3)cc2)cc1. The molecule has 0 N–H and O–H groups in total. The highest BCUT2D eigenvalue weighted by atomic mass is 15.2. The molecule has 0 radical (unpaired) electrons. The van der Waals surface area contributed by atoms with Crippen LogP contribution in [0, 0.1) is 0 Å². The lowest BCUT2D eigenvalue weighted by atomic mass is 9.33. The van der Waals surface area contributed by atoms with E-state index in [0.29, 0.717) is 0 Å². The highest BCUT2D eigenvalue weighted by molar-refractivity contribution is 7.00. The van der Waals surface area contributed by atoms with Crippen LogP contribution in [0.3, 0.4) is 0 Å². The summed E-state index contributed by atoms with van der Waals surface area (Å²) in [5, 5.41) is 4.94. The first-order chi connectivity index (χ1) is 38.2. The minimum Gasteiger partial charge on any atom is -0.311 e. The molecule has 2 aliphatic heterocycles. The van der Waals surface area contributed by atoms with E-state index in [4.69, 9.17) is 0 Å². The Labute approximate surface area is 447 Å². The van der Waals surface area contributed by atoms with Gasteiger partial charge in [-0.3, -0.25) is 0 Å². The summed E-state index contributed by atoms with van der Waals surface area (Å²) >= 11 is 0. The molecular formula is C72H47BN4. The number of rotatable bonds is 7. The van der Waals surface area contributed by atoms with E-state index in [1.165, 1.54) is 116 Å². The Hall–Kier alpha value is -10.1. The normalized spacial score (nSPS) is 12.6. The van der Waals surface area contributed by atoms with E-state index in [1.54, 1.807) is 0 Å². The Bertz CT molecular complexity index is 4560. The lowest BCUT2D eigenvalue weighted by Crippen LogP contribution is -2.61. The van der Waals surface area contributed by atoms with Crippen LogP contribution in [0.5, 0.6) is 0 Å². The molecule has 12 aromatic carbocycles. The Morgan fingerprint density at radius 3 is 1.29 bits per heavy atom. The molecule has 0 saturated carbocycles. The lowest BCUT2D eigenvalue weighted by Gasteiger charge is -2.44. The van der Waals surface area contributed by atoms with Crippen LogP contribution in [0.2, 0.25) is 0 Å². The molecule has 358 valence electrons. The third-order valence-corrected chi connectivity index (χ3v) is 16.3. The van der Waals surface area contributed by atoms with Gasteiger partial charge in [0, 0.05) is 61.4 Å². The van der Waals surface area contributed by atoms with Gasteiger partial charge in [-0.05, 0) is 135 Å². The molecule has 0 spiro atoms. The van der Waals surface area contributed by atoms with Crippen molar-refractivity contribution < 1.29 is 0 Å². The predicted octanol–water partition coefficient (Wildman–Crippen LogP) is 17.0. The van der Waals surface area contributed by atoms with Gasteiger partial charge in [0.05, 0.1) is 27.8 Å². The first-order valence-corrected chi connectivity index (χ1v) is 26.6. The summed E-state index contributed by atoms with van der Waals surface area (Å²) in [6.07, 6.45) is 0. The number of benzene rings is 12. The average Bonchev–Trinajstić information content (AvgIpc) is 4.25. The van der Waals surface area contributed by atoms with Crippen LogP contribution in [0.15, 0.2) is 285 Å². The Balaban J connectivity index is 0.977. The average molecular weight is 979 g/mol. The van der Waals surface area contributed by atoms with Gasteiger partial charge in [0.15, 0.2) is 0 Å². The van der Waals surface area contributed by atoms with E-state index in [1.807, 2.05) is 0 Å². The topological polar surface area (TPSA) is 16.3 Å². The number of hydrogen-bond donors (Lipinski definition) is 0. The molecule has 2 aliphatic rings. The number of aromatic nitrogens is 2. The number of anilines is 6. The van der Waals surface area contributed by atoms with E-state index in [-0.39, 0.29) is 6.71 Å². The van der Waals surface area contributed by atoms with Crippen molar-refractivity contribution in [2.24, 2.45) is 0 Å². The van der Waals surface area contributed by atoms with Crippen molar-refractivity contribution in [1.29, 1.82) is 0 Å². The fraction of sp³-hybridized carbons (Fsp3) is 0. The molecule has 14 aromatic rings. The van der Waals surface area contributed by atoms with Crippen molar-refractivity contribution >= 4 is 101 Å². The predicted molar refractivity (Wildman–Crippen MR) is 325 cm³/mol. The van der Waals surface area contributed by atoms with Crippen molar-refractivity contribution in [2.45, 2.75) is 0 Å². The van der Waals surface area contributed by atoms with Gasteiger partial charge in [-0.15, -0.1) is 0 Å². The quantitative estimate of drug-likeness (QED) is 0.148. The summed E-state index contributed by atoms with van der Waals surface area (Å²) in [7, 11) is 0. The van der Waals surface area contributed by atoms with E-state index in [0.717, 1.165) is 22.7 Å². The van der Waals surface area contributed by atoms with Gasteiger partial charge in [0.1, 0.15) is 0 Å². The summed E-state index contributed by atoms with van der Waals surface area (Å²) in [6.45, 7) is -0.0917. The van der Waals surface area contributed by atoms with Gasteiger partial charge in [0.25, 0.3) is 6.71 Å². The molecule has 5 heteroatoms. The highest BCUT2D eigenvalue weighted by Gasteiger charge is 2.44. The van der Waals surface area contributed by atoms with Gasteiger partial charge >= 0.3 is 0 Å². The van der Waals surface area contributed by atoms with E-state index >= 15 is 0 Å². The summed E-state index contributed by atoms with van der Waals surface area (Å²) < 4.78 is 4.93. The van der Waals surface area contributed by atoms with E-state index in [2.05, 4.69) is 304 Å². The first kappa shape index (κ1) is 43.3. The standard InChI is InChI=1S/C72H47BN4/c1-4-18-48(19-5-1)51-34-38-54(39-35-51)74-67-32-17-33-68-71(67)73(61-43-42-57(47-69(61)74)75-63-29-13-10-26-58(63)59-27-11-14-30-64(59)75)62-44-45-66-70(72(62)77(68)55-40-36-52(37-41-55)49-20-6-2-7-21-49)60-28-12-15-31-65(60)76(66)56-25-16-24-53(46-56)50-22-8-3-9-23-50/h1-47H. The molecule has 0 atom stereocenters. The second kappa shape index (κ2) is 17.2. The second-order valence-corrected chi connectivity index (χ2v) is 20.4. The number of para-hydroxylation sites is 3. The maximum absolute atomic E-state index is 2.58. The monoisotopic (exact) mass is 978 g/mol. The van der Waals surface area contributed by atoms with Crippen LogP contribution in [0.1, 0.15) is 0 Å². The van der Waals surface area contributed by atoms with Crippen LogP contribution in [-0.4, -0.2) is 15.8 Å². The van der Waals surface area contributed by atoms with Crippen molar-refractivity contribution in [1.82, 2.24) is 9.13 Å². The van der Waals surface area contributed by atoms with Crippen LogP contribution >= 0.6 is 0 Å². The number of fused-ring (bicyclic) bond motifs is 11. The fourth-order valence-electron chi connectivity index (χ4n) is 12.9. The van der Waals surface area contributed by atoms with Crippen LogP contribution in [0.4, 0.5) is 34.1 Å². The third kappa shape index (κ3) is 6.67. The summed E-state index contributed by atoms with van der Waals surface area (Å²) in [6, 6.07) is 105. The van der Waals surface area contributed by atoms with Crippen molar-refractivity contribution in [3.05, 3.63) is 285 Å². The maximum atomic E-state index is 2.58. The minimum absolute atomic E-state index is 0.0917. The zero-order chi connectivity index (χ0) is 50.6. The Morgan fingerprint density at radius 2 is 0.675 bits per heavy atom. The van der Waals surface area contributed by atoms with E-state index in [9.17, 15) is 0 Å². The zero-order valence-electron chi connectivity index (χ0n) is 42.0. The second-order valence-electron chi connectivity index (χ2n) is 20.4. The third-order valence-electron chi connectivity index (χ3n) is 16.3. The Morgan fingerprint density at radius 1 is 0.247 bits per heavy atom. The fourth-order valence-corrected chi connectivity index (χ4v) is 12.9. The molecule has 0 amide bonds. The zero-order valence-corrected chi connectivity index (χ0v) is 42.0. The van der Waals surface area contributed by atoms with Crippen LogP contribution in [-0.2, 0) is 0 Å². The van der Waals surface area contributed by atoms with Crippen LogP contribution < -0.4 is 26.2 Å². The molecule has 77 heavy (non-hydrogen) atoms. The molecule has 0 unspecified atom stereocenters. The largest absolute Gasteiger partial charge is 0.311 e. The van der Waals surface area contributed by atoms with Crippen molar-refractivity contribution in [3.63, 3.8) is 0 Å². The smallest absolute Gasteiger partial charge is 0.252 e. The summed E-state index contributed by atoms with van der Waals surface area (Å²) in [5.41, 5.74) is 24.9. The molecule has 4 heterocycles. The van der Waals surface area contributed by atoms with Crippen molar-refractivity contribution in [3.8, 4) is 44.8 Å². The molecule has 16 rings (SSSR count). The van der Waals surface area contributed by atoms with Gasteiger partial charge in [-0.2, -0.15) is 0 Å². The molecule has 0 aliphatic carbocycles. The minimum atomic E-state index is -0.0917. The van der Waals surface area contributed by atoms with Gasteiger partial charge in [0.2, 0.25) is 0 Å². The van der Waals surface area contributed by atoms with Gasteiger partial charge in [-0.1, -0.05) is 200 Å². The van der Waals surface area contributed by atoms with Crippen molar-refractivity contribution in [2.75, 3.05) is 9.80 Å². The molecular weight excluding hydrogens is 932 g/mol. The first-order valence-electron chi connectivity index (χ1n) is 26.6. The molecule has 4 nitrogen and oxygen atoms in total. The highest BCUT2D eigenvalue weighted by Crippen LogP contribution is 2.49. The molecule has 0 fully saturated rings. The molecule has 2 aromatic heterocycles. The summed E-state index contributed by atoms with van der Waals surface area (Å²) in [5.74, 6) is 0. The van der Waals surface area contributed by atoms with Gasteiger partial charge in [-0.25, -0.2) is 0 Å². The van der Waals surface area contributed by atoms with E-state index < -0.39 is 0 Å². The van der Waals surface area contributed by atoms with Gasteiger partial charge < -0.3 is 18.9 Å². The number of nitrogens with zero attached hydrogens (tertiary/aromatic N) is 4. The molecule has 0 saturated heterocycles. The molecule has 0 bridgehead atoms. The van der Waals surface area contributed by atoms with Crippen LogP contribution in [0.25, 0.3) is 88.4 Å². The number of hydrogen-bond acceptors (Lipinski definition) is 2.